The lowest BCUT2D eigenvalue weighted by molar-refractivity contribution is -0.136. The summed E-state index contributed by atoms with van der Waals surface area (Å²) in [6.07, 6.45) is -0.924. The second kappa shape index (κ2) is 6.58. The third kappa shape index (κ3) is 3.17. The van der Waals surface area contributed by atoms with Gasteiger partial charge in [-0.2, -0.15) is 0 Å². The summed E-state index contributed by atoms with van der Waals surface area (Å²) in [6, 6.07) is 16.4. The average Bonchev–Trinajstić information content (AvgIpc) is 3.12. The third-order valence-corrected chi connectivity index (χ3v) is 5.27. The molecule has 2 heterocycles. The summed E-state index contributed by atoms with van der Waals surface area (Å²) in [5.41, 5.74) is 2.11. The van der Waals surface area contributed by atoms with E-state index in [0.29, 0.717) is 19.6 Å². The maximum Gasteiger partial charge on any atom is 0.252 e. The lowest BCUT2D eigenvalue weighted by atomic mass is 10.0. The molecule has 2 fully saturated rings. The molecule has 0 aromatic heterocycles. The fourth-order valence-corrected chi connectivity index (χ4v) is 4.00. The molecule has 1 N–H and O–H groups in total. The Morgan fingerprint density at radius 1 is 0.960 bits per heavy atom. The van der Waals surface area contributed by atoms with Crippen LogP contribution in [0.15, 0.2) is 54.6 Å². The summed E-state index contributed by atoms with van der Waals surface area (Å²) < 4.78 is 13.0. The first-order valence-corrected chi connectivity index (χ1v) is 8.61. The van der Waals surface area contributed by atoms with Crippen molar-refractivity contribution in [2.75, 3.05) is 13.1 Å². The second-order valence-corrected chi connectivity index (χ2v) is 6.95. The fraction of sp³-hybridized carbons (Fsp3) is 0.350. The van der Waals surface area contributed by atoms with E-state index in [1.54, 1.807) is 12.1 Å². The molecule has 130 valence electrons. The topological polar surface area (TPSA) is 43.8 Å². The number of amides is 1. The Morgan fingerprint density at radius 2 is 1.64 bits per heavy atom. The van der Waals surface area contributed by atoms with Crippen molar-refractivity contribution in [1.82, 2.24) is 9.80 Å². The Bertz CT molecular complexity index is 750. The number of fused-ring (bicyclic) bond motifs is 1. The minimum Gasteiger partial charge on any atom is -0.383 e. The Hall–Kier alpha value is -2.24. The van der Waals surface area contributed by atoms with Crippen LogP contribution in [-0.4, -0.2) is 46.0 Å². The van der Waals surface area contributed by atoms with Crippen molar-refractivity contribution in [3.8, 4) is 0 Å². The molecule has 2 aromatic carbocycles. The highest BCUT2D eigenvalue weighted by Crippen LogP contribution is 2.34. The molecular formula is C20H21FN2O2. The molecule has 2 saturated heterocycles. The minimum atomic E-state index is -0.924. The normalized spacial score (nSPS) is 26.2. The Morgan fingerprint density at radius 3 is 2.36 bits per heavy atom. The first kappa shape index (κ1) is 16.2. The smallest absolute Gasteiger partial charge is 0.252 e. The largest absolute Gasteiger partial charge is 0.383 e. The molecule has 0 aliphatic carbocycles. The number of nitrogens with zero attached hydrogens (tertiary/aromatic N) is 2. The van der Waals surface area contributed by atoms with Crippen LogP contribution in [0.3, 0.4) is 0 Å². The van der Waals surface area contributed by atoms with Crippen molar-refractivity contribution in [1.29, 1.82) is 0 Å². The lowest BCUT2D eigenvalue weighted by Crippen LogP contribution is -2.38. The van der Waals surface area contributed by atoms with E-state index in [0.717, 1.165) is 17.7 Å². The first-order chi connectivity index (χ1) is 12.1. The highest BCUT2D eigenvalue weighted by atomic mass is 19.1. The molecule has 0 radical (unpaired) electrons. The SMILES string of the molecule is O=C1[C@@H](O)[C@H]2CN(Cc3ccc(F)cc3)C[C@H]2N1Cc1ccccc1. The van der Waals surface area contributed by atoms with E-state index in [1.165, 1.54) is 12.1 Å². The number of halogens is 1. The molecule has 5 heteroatoms. The van der Waals surface area contributed by atoms with Crippen molar-refractivity contribution in [2.24, 2.45) is 5.92 Å². The van der Waals surface area contributed by atoms with Crippen LogP contribution in [-0.2, 0) is 17.9 Å². The number of aliphatic hydroxyl groups excluding tert-OH is 1. The molecule has 2 aliphatic heterocycles. The van der Waals surface area contributed by atoms with E-state index in [-0.39, 0.29) is 23.7 Å². The van der Waals surface area contributed by atoms with Gasteiger partial charge < -0.3 is 10.0 Å². The van der Waals surface area contributed by atoms with Crippen molar-refractivity contribution >= 4 is 5.91 Å². The van der Waals surface area contributed by atoms with Gasteiger partial charge in [0.2, 0.25) is 0 Å². The number of benzene rings is 2. The molecule has 0 saturated carbocycles. The Labute approximate surface area is 146 Å². The van der Waals surface area contributed by atoms with Crippen molar-refractivity contribution in [3.63, 3.8) is 0 Å². The van der Waals surface area contributed by atoms with Crippen molar-refractivity contribution in [2.45, 2.75) is 25.2 Å². The van der Waals surface area contributed by atoms with E-state index in [4.69, 9.17) is 0 Å². The standard InChI is InChI=1S/C20H21FN2O2/c21-16-8-6-15(7-9-16)10-22-12-17-18(13-22)23(20(25)19(17)24)11-14-4-2-1-3-5-14/h1-9,17-19,24H,10-13H2/t17-,18+,19-/m0/s1. The van der Waals surface area contributed by atoms with Gasteiger partial charge in [0, 0.05) is 32.1 Å². The van der Waals surface area contributed by atoms with Gasteiger partial charge >= 0.3 is 0 Å². The molecule has 2 aliphatic rings. The number of carbonyl (C=O) groups excluding carboxylic acids is 1. The lowest BCUT2D eigenvalue weighted by Gasteiger charge is -2.25. The zero-order chi connectivity index (χ0) is 17.4. The second-order valence-electron chi connectivity index (χ2n) is 6.95. The van der Waals surface area contributed by atoms with E-state index in [2.05, 4.69) is 4.90 Å². The molecule has 4 rings (SSSR count). The van der Waals surface area contributed by atoms with Crippen LogP contribution >= 0.6 is 0 Å². The van der Waals surface area contributed by atoms with Gasteiger partial charge in [-0.1, -0.05) is 42.5 Å². The summed E-state index contributed by atoms with van der Waals surface area (Å²) in [7, 11) is 0. The van der Waals surface area contributed by atoms with E-state index in [9.17, 15) is 14.3 Å². The predicted molar refractivity (Wildman–Crippen MR) is 92.0 cm³/mol. The van der Waals surface area contributed by atoms with Crippen LogP contribution in [0.25, 0.3) is 0 Å². The van der Waals surface area contributed by atoms with Crippen LogP contribution < -0.4 is 0 Å². The Kier molecular flexibility index (Phi) is 4.27. The summed E-state index contributed by atoms with van der Waals surface area (Å²) in [5.74, 6) is -0.464. The quantitative estimate of drug-likeness (QED) is 0.926. The van der Waals surface area contributed by atoms with Crippen LogP contribution in [0.5, 0.6) is 0 Å². The molecule has 3 atom stereocenters. The fourth-order valence-electron chi connectivity index (χ4n) is 4.00. The number of hydrogen-bond acceptors (Lipinski definition) is 3. The van der Waals surface area contributed by atoms with Gasteiger partial charge in [0.05, 0.1) is 6.04 Å². The van der Waals surface area contributed by atoms with Gasteiger partial charge in [-0.3, -0.25) is 9.69 Å². The summed E-state index contributed by atoms with van der Waals surface area (Å²) in [6.45, 7) is 2.65. The number of likely N-dealkylation sites (tertiary alicyclic amines) is 2. The maximum absolute atomic E-state index is 13.0. The van der Waals surface area contributed by atoms with E-state index >= 15 is 0 Å². The molecule has 25 heavy (non-hydrogen) atoms. The number of aliphatic hydroxyl groups is 1. The Balaban J connectivity index is 1.47. The molecule has 4 nitrogen and oxygen atoms in total. The van der Waals surface area contributed by atoms with Crippen LogP contribution in [0.1, 0.15) is 11.1 Å². The minimum absolute atomic E-state index is 0.0307. The maximum atomic E-state index is 13.0. The number of rotatable bonds is 4. The summed E-state index contributed by atoms with van der Waals surface area (Å²) in [5, 5.41) is 10.4. The van der Waals surface area contributed by atoms with Crippen LogP contribution in [0.2, 0.25) is 0 Å². The molecule has 0 bridgehead atoms. The first-order valence-electron chi connectivity index (χ1n) is 8.61. The average molecular weight is 340 g/mol. The van der Waals surface area contributed by atoms with Gasteiger partial charge in [-0.15, -0.1) is 0 Å². The molecule has 0 spiro atoms. The summed E-state index contributed by atoms with van der Waals surface area (Å²) >= 11 is 0. The number of carbonyl (C=O) groups is 1. The highest BCUT2D eigenvalue weighted by molar-refractivity contribution is 5.84. The van der Waals surface area contributed by atoms with E-state index < -0.39 is 6.10 Å². The highest BCUT2D eigenvalue weighted by Gasteiger charge is 2.51. The monoisotopic (exact) mass is 340 g/mol. The molecule has 2 aromatic rings. The van der Waals surface area contributed by atoms with Gasteiger partial charge in [-0.05, 0) is 23.3 Å². The third-order valence-electron chi connectivity index (χ3n) is 5.27. The van der Waals surface area contributed by atoms with Crippen molar-refractivity contribution < 1.29 is 14.3 Å². The molecular weight excluding hydrogens is 319 g/mol. The van der Waals surface area contributed by atoms with Gasteiger partial charge in [0.1, 0.15) is 11.9 Å². The number of hydrogen-bond donors (Lipinski definition) is 1. The van der Waals surface area contributed by atoms with Crippen LogP contribution in [0.4, 0.5) is 4.39 Å². The van der Waals surface area contributed by atoms with Gasteiger partial charge in [-0.25, -0.2) is 4.39 Å². The summed E-state index contributed by atoms with van der Waals surface area (Å²) in [4.78, 5) is 16.5. The van der Waals surface area contributed by atoms with Gasteiger partial charge in [0.15, 0.2) is 0 Å². The zero-order valence-corrected chi connectivity index (χ0v) is 13.9. The van der Waals surface area contributed by atoms with Crippen LogP contribution in [0, 0.1) is 11.7 Å². The zero-order valence-electron chi connectivity index (χ0n) is 13.9. The molecule has 1 amide bonds. The van der Waals surface area contributed by atoms with Crippen molar-refractivity contribution in [3.05, 3.63) is 71.5 Å². The molecule has 0 unspecified atom stereocenters. The predicted octanol–water partition coefficient (Wildman–Crippen LogP) is 2.03. The van der Waals surface area contributed by atoms with E-state index in [1.807, 2.05) is 35.2 Å². The van der Waals surface area contributed by atoms with Gasteiger partial charge in [0.25, 0.3) is 5.91 Å².